The van der Waals surface area contributed by atoms with E-state index in [0.717, 1.165) is 15.9 Å². The first kappa shape index (κ1) is 19.8. The van der Waals surface area contributed by atoms with Gasteiger partial charge in [-0.3, -0.25) is 9.59 Å². The molecule has 2 amide bonds. The Bertz CT molecular complexity index is 898. The lowest BCUT2D eigenvalue weighted by molar-refractivity contribution is -0.150. The van der Waals surface area contributed by atoms with Crippen molar-refractivity contribution in [2.45, 2.75) is 26.4 Å². The second-order valence-corrected chi connectivity index (χ2v) is 8.34. The number of hydrogen-bond acceptors (Lipinski definition) is 6. The number of hydrazone groups is 1. The predicted molar refractivity (Wildman–Crippen MR) is 108 cm³/mol. The zero-order chi connectivity index (χ0) is 20.7. The maximum Gasteiger partial charge on any atom is 0.347 e. The number of imide groups is 1. The summed E-state index contributed by atoms with van der Waals surface area (Å²) in [5.74, 6) is -0.879. The number of benzene rings is 1. The molecule has 1 aromatic carbocycles. The van der Waals surface area contributed by atoms with Crippen molar-refractivity contribution in [3.8, 4) is 5.75 Å². The molecule has 0 aromatic heterocycles. The molecule has 1 aromatic rings. The third kappa shape index (κ3) is 3.50. The Balaban J connectivity index is 1.54. The number of carbonyl (C=O) groups excluding carboxylic acids is 3. The van der Waals surface area contributed by atoms with E-state index in [1.807, 2.05) is 12.2 Å². The van der Waals surface area contributed by atoms with Crippen molar-refractivity contribution in [2.75, 3.05) is 6.61 Å². The van der Waals surface area contributed by atoms with Crippen LogP contribution in [0.4, 0.5) is 0 Å². The van der Waals surface area contributed by atoms with E-state index in [4.69, 9.17) is 9.47 Å². The number of allylic oxidation sites excluding steroid dienone is 2. The third-order valence-corrected chi connectivity index (χ3v) is 6.15. The minimum atomic E-state index is -0.806. The molecule has 5 atom stereocenters. The normalized spacial score (nSPS) is 28.3. The van der Waals surface area contributed by atoms with Crippen molar-refractivity contribution in [1.29, 1.82) is 0 Å². The van der Waals surface area contributed by atoms with Crippen molar-refractivity contribution in [3.05, 3.63) is 40.4 Å². The summed E-state index contributed by atoms with van der Waals surface area (Å²) in [4.78, 5) is 37.4. The molecule has 152 valence electrons. The average molecular weight is 461 g/mol. The number of ether oxygens (including phenoxy) is 2. The highest BCUT2D eigenvalue weighted by molar-refractivity contribution is 9.10. The largest absolute Gasteiger partial charge is 0.478 e. The van der Waals surface area contributed by atoms with Crippen molar-refractivity contribution >= 4 is 39.9 Å². The van der Waals surface area contributed by atoms with Gasteiger partial charge in [-0.25, -0.2) is 4.79 Å². The van der Waals surface area contributed by atoms with E-state index in [1.165, 1.54) is 6.21 Å². The van der Waals surface area contributed by atoms with Crippen molar-refractivity contribution in [2.24, 2.45) is 28.8 Å². The van der Waals surface area contributed by atoms with Gasteiger partial charge in [-0.15, -0.1) is 0 Å². The van der Waals surface area contributed by atoms with Crippen LogP contribution in [0, 0.1) is 23.7 Å². The zero-order valence-electron chi connectivity index (χ0n) is 16.1. The number of nitrogens with zero attached hydrogens (tertiary/aromatic N) is 2. The average Bonchev–Trinajstić information content (AvgIpc) is 3.37. The van der Waals surface area contributed by atoms with Crippen LogP contribution in [0.25, 0.3) is 0 Å². The minimum Gasteiger partial charge on any atom is -0.478 e. The number of rotatable bonds is 6. The van der Waals surface area contributed by atoms with Gasteiger partial charge in [0.25, 0.3) is 11.8 Å². The van der Waals surface area contributed by atoms with E-state index >= 15 is 0 Å². The summed E-state index contributed by atoms with van der Waals surface area (Å²) < 4.78 is 11.5. The molecular weight excluding hydrogens is 440 g/mol. The lowest BCUT2D eigenvalue weighted by Crippen LogP contribution is -2.28. The molecule has 0 unspecified atom stereocenters. The highest BCUT2D eigenvalue weighted by Gasteiger charge is 2.59. The Hall–Kier alpha value is -2.48. The Morgan fingerprint density at radius 1 is 1.28 bits per heavy atom. The van der Waals surface area contributed by atoms with Crippen LogP contribution in [0.3, 0.4) is 0 Å². The summed E-state index contributed by atoms with van der Waals surface area (Å²) in [6.45, 7) is 3.58. The molecule has 2 aliphatic carbocycles. The molecule has 0 N–H and O–H groups in total. The second kappa shape index (κ2) is 7.74. The quantitative estimate of drug-likeness (QED) is 0.282. The minimum absolute atomic E-state index is 0.136. The van der Waals surface area contributed by atoms with E-state index in [1.54, 1.807) is 32.0 Å². The van der Waals surface area contributed by atoms with Gasteiger partial charge in [0, 0.05) is 10.0 Å². The maximum absolute atomic E-state index is 12.8. The van der Waals surface area contributed by atoms with Gasteiger partial charge in [-0.1, -0.05) is 28.1 Å². The van der Waals surface area contributed by atoms with Crippen molar-refractivity contribution in [3.63, 3.8) is 0 Å². The third-order valence-electron chi connectivity index (χ3n) is 5.65. The monoisotopic (exact) mass is 460 g/mol. The summed E-state index contributed by atoms with van der Waals surface area (Å²) in [5.41, 5.74) is 0.536. The molecule has 1 aliphatic heterocycles. The lowest BCUT2D eigenvalue weighted by atomic mass is 9.85. The first-order valence-electron chi connectivity index (χ1n) is 9.63. The molecule has 0 radical (unpaired) electrons. The van der Waals surface area contributed by atoms with Gasteiger partial charge in [0.2, 0.25) is 0 Å². The molecule has 8 heteroatoms. The van der Waals surface area contributed by atoms with Gasteiger partial charge < -0.3 is 9.47 Å². The summed E-state index contributed by atoms with van der Waals surface area (Å²) in [5, 5.41) is 5.18. The fourth-order valence-electron chi connectivity index (χ4n) is 4.35. The Morgan fingerprint density at radius 2 is 1.93 bits per heavy atom. The van der Waals surface area contributed by atoms with Gasteiger partial charge in [0.1, 0.15) is 5.75 Å². The molecule has 7 nitrogen and oxygen atoms in total. The van der Waals surface area contributed by atoms with Crippen molar-refractivity contribution < 1.29 is 23.9 Å². The topological polar surface area (TPSA) is 85.3 Å². The summed E-state index contributed by atoms with van der Waals surface area (Å²) in [7, 11) is 0. The van der Waals surface area contributed by atoms with Crippen molar-refractivity contribution in [1.82, 2.24) is 5.01 Å². The Morgan fingerprint density at radius 3 is 2.55 bits per heavy atom. The first-order chi connectivity index (χ1) is 13.9. The van der Waals surface area contributed by atoms with E-state index < -0.39 is 12.1 Å². The smallest absolute Gasteiger partial charge is 0.347 e. The molecule has 1 saturated carbocycles. The van der Waals surface area contributed by atoms with Gasteiger partial charge in [0.15, 0.2) is 6.10 Å². The van der Waals surface area contributed by atoms with E-state index in [0.29, 0.717) is 11.3 Å². The fourth-order valence-corrected chi connectivity index (χ4v) is 4.72. The molecular formula is C21H21BrN2O5. The van der Waals surface area contributed by atoms with Gasteiger partial charge in [0.05, 0.1) is 24.7 Å². The second-order valence-electron chi connectivity index (χ2n) is 7.43. The number of fused-ring (bicyclic) bond motifs is 5. The van der Waals surface area contributed by atoms with Gasteiger partial charge >= 0.3 is 5.97 Å². The van der Waals surface area contributed by atoms with Crippen LogP contribution < -0.4 is 4.74 Å². The highest BCUT2D eigenvalue weighted by atomic mass is 79.9. The molecule has 0 spiro atoms. The van der Waals surface area contributed by atoms with Crippen LogP contribution in [0.5, 0.6) is 5.75 Å². The molecule has 29 heavy (non-hydrogen) atoms. The Labute approximate surface area is 176 Å². The summed E-state index contributed by atoms with van der Waals surface area (Å²) in [6.07, 6.45) is 5.58. The maximum atomic E-state index is 12.8. The van der Waals surface area contributed by atoms with E-state index in [9.17, 15) is 14.4 Å². The summed E-state index contributed by atoms with van der Waals surface area (Å²) in [6, 6.07) is 5.20. The highest BCUT2D eigenvalue weighted by Crippen LogP contribution is 2.52. The molecule has 1 saturated heterocycles. The van der Waals surface area contributed by atoms with Crippen LogP contribution in [0.2, 0.25) is 0 Å². The molecule has 4 rings (SSSR count). The molecule has 1 heterocycles. The van der Waals surface area contributed by atoms with Crippen LogP contribution in [-0.4, -0.2) is 41.7 Å². The molecule has 2 fully saturated rings. The zero-order valence-corrected chi connectivity index (χ0v) is 17.7. The van der Waals surface area contributed by atoms with Gasteiger partial charge in [-0.2, -0.15) is 10.1 Å². The first-order valence-corrected chi connectivity index (χ1v) is 10.4. The van der Waals surface area contributed by atoms with Crippen LogP contribution in [-0.2, 0) is 19.1 Å². The van der Waals surface area contributed by atoms with E-state index in [-0.39, 0.29) is 42.1 Å². The SMILES string of the molecule is CCOC(=O)[C@@H](C)Oc1ccc(Br)cc1C=NN1C(=O)[C@@H]2[C@H](C1=O)[C@H]1C=C[C@H]2C1. The lowest BCUT2D eigenvalue weighted by Gasteiger charge is -2.16. The molecule has 2 bridgehead atoms. The molecule has 3 aliphatic rings. The van der Waals surface area contributed by atoms with Crippen LogP contribution in [0.1, 0.15) is 25.8 Å². The van der Waals surface area contributed by atoms with Crippen LogP contribution >= 0.6 is 15.9 Å². The van der Waals surface area contributed by atoms with Gasteiger partial charge in [-0.05, 0) is 50.3 Å². The number of halogens is 1. The number of esters is 1. The summed E-state index contributed by atoms with van der Waals surface area (Å²) >= 11 is 3.39. The predicted octanol–water partition coefficient (Wildman–Crippen LogP) is 2.92. The number of amides is 2. The van der Waals surface area contributed by atoms with Crippen LogP contribution in [0.15, 0.2) is 39.9 Å². The number of carbonyl (C=O) groups is 3. The standard InChI is InChI=1S/C21H21BrN2O5/c1-3-28-21(27)11(2)29-16-7-6-15(22)9-14(16)10-23-24-19(25)17-12-4-5-13(8-12)18(17)20(24)26/h4-7,9-13,17-18H,3,8H2,1-2H3/t11-,12+,13+,17-,18+/m1/s1. The van der Waals surface area contributed by atoms with E-state index in [2.05, 4.69) is 21.0 Å². The number of hydrogen-bond donors (Lipinski definition) is 0. The fraction of sp³-hybridized carbons (Fsp3) is 0.429. The Kier molecular flexibility index (Phi) is 5.29.